The predicted octanol–water partition coefficient (Wildman–Crippen LogP) is 4.12. The first-order chi connectivity index (χ1) is 9.89. The van der Waals surface area contributed by atoms with Crippen molar-refractivity contribution in [3.63, 3.8) is 0 Å². The van der Waals surface area contributed by atoms with Gasteiger partial charge in [0, 0.05) is 5.39 Å². The third-order valence-corrected chi connectivity index (χ3v) is 4.55. The fourth-order valence-corrected chi connectivity index (χ4v) is 3.65. The molecule has 0 heterocycles. The van der Waals surface area contributed by atoms with E-state index in [1.807, 2.05) is 36.4 Å². The van der Waals surface area contributed by atoms with Crippen molar-refractivity contribution in [2.24, 2.45) is 0 Å². The molecule has 3 rings (SSSR count). The van der Waals surface area contributed by atoms with Crippen LogP contribution in [0, 0.1) is 0 Å². The van der Waals surface area contributed by atoms with E-state index in [4.69, 9.17) is 0 Å². The Labute approximate surface area is 148 Å². The van der Waals surface area contributed by atoms with Crippen LogP contribution in [0.3, 0.4) is 0 Å². The van der Waals surface area contributed by atoms with Crippen molar-refractivity contribution >= 4 is 60.3 Å². The van der Waals surface area contributed by atoms with Crippen LogP contribution in [0.2, 0.25) is 0 Å². The van der Waals surface area contributed by atoms with Crippen LogP contribution < -0.4 is 0 Å². The zero-order valence-corrected chi connectivity index (χ0v) is 14.4. The standard InChI is InChI=1S/C17H14O3S.Mg.2H/c1-11(2)13-9-10-15-14-6-4-3-5-12(14)7-8-16(15)17(13)21(18,19)20;;;/h3-10H,1H2,2H3,(H,18,19,20);;;/q;+2;2*-1. The molecule has 0 aliphatic rings. The molecule has 0 spiro atoms. The van der Waals surface area contributed by atoms with Crippen LogP contribution in [-0.4, -0.2) is 36.0 Å². The molecule has 0 atom stereocenters. The molecule has 22 heavy (non-hydrogen) atoms. The maximum Gasteiger partial charge on any atom is 2.00 e. The molecule has 0 saturated heterocycles. The topological polar surface area (TPSA) is 54.4 Å². The average Bonchev–Trinajstić information content (AvgIpc) is 2.44. The first-order valence-electron chi connectivity index (χ1n) is 6.47. The van der Waals surface area contributed by atoms with Gasteiger partial charge >= 0.3 is 23.1 Å². The van der Waals surface area contributed by atoms with E-state index in [0.717, 1.165) is 16.2 Å². The summed E-state index contributed by atoms with van der Waals surface area (Å²) < 4.78 is 33.3. The minimum Gasteiger partial charge on any atom is -1.00 e. The van der Waals surface area contributed by atoms with Crippen molar-refractivity contribution < 1.29 is 15.8 Å². The zero-order valence-electron chi connectivity index (χ0n) is 14.2. The summed E-state index contributed by atoms with van der Waals surface area (Å²) in [4.78, 5) is -0.0711. The van der Waals surface area contributed by atoms with Crippen LogP contribution in [0.25, 0.3) is 27.1 Å². The second-order valence-electron chi connectivity index (χ2n) is 5.08. The molecule has 0 amide bonds. The minimum atomic E-state index is -4.33. The van der Waals surface area contributed by atoms with Crippen LogP contribution in [0.1, 0.15) is 15.3 Å². The van der Waals surface area contributed by atoms with Crippen molar-refractivity contribution in [1.29, 1.82) is 0 Å². The zero-order chi connectivity index (χ0) is 15.2. The quantitative estimate of drug-likeness (QED) is 0.438. The normalized spacial score (nSPS) is 11.4. The van der Waals surface area contributed by atoms with Gasteiger partial charge in [0.15, 0.2) is 0 Å². The Morgan fingerprint density at radius 3 is 2.27 bits per heavy atom. The molecule has 0 aliphatic carbocycles. The van der Waals surface area contributed by atoms with Crippen LogP contribution >= 0.6 is 0 Å². The van der Waals surface area contributed by atoms with Crippen LogP contribution in [0.4, 0.5) is 0 Å². The fourth-order valence-electron chi connectivity index (χ4n) is 2.67. The molecule has 0 saturated carbocycles. The van der Waals surface area contributed by atoms with Gasteiger partial charge in [0.25, 0.3) is 10.1 Å². The Kier molecular flexibility index (Phi) is 4.63. The molecular weight excluding hydrogens is 309 g/mol. The number of fused-ring (bicyclic) bond motifs is 3. The minimum absolute atomic E-state index is 0. The number of rotatable bonds is 2. The first-order valence-corrected chi connectivity index (χ1v) is 7.91. The first kappa shape index (κ1) is 17.0. The molecule has 0 aliphatic heterocycles. The van der Waals surface area contributed by atoms with Gasteiger partial charge in [0.1, 0.15) is 4.90 Å². The van der Waals surface area contributed by atoms with Crippen molar-refractivity contribution in [2.45, 2.75) is 11.8 Å². The van der Waals surface area contributed by atoms with Crippen LogP contribution in [0.5, 0.6) is 0 Å². The van der Waals surface area contributed by atoms with Gasteiger partial charge in [0.05, 0.1) is 0 Å². The Morgan fingerprint density at radius 2 is 1.64 bits per heavy atom. The number of hydrogen-bond acceptors (Lipinski definition) is 2. The molecule has 0 unspecified atom stereocenters. The van der Waals surface area contributed by atoms with E-state index in [2.05, 4.69) is 6.58 Å². The van der Waals surface area contributed by atoms with Gasteiger partial charge in [-0.25, -0.2) is 0 Å². The van der Waals surface area contributed by atoms with Gasteiger partial charge in [0.2, 0.25) is 0 Å². The second kappa shape index (κ2) is 6.00. The van der Waals surface area contributed by atoms with E-state index in [-0.39, 0.29) is 30.8 Å². The number of hydrogen-bond donors (Lipinski definition) is 1. The molecule has 3 nitrogen and oxygen atoms in total. The Balaban J connectivity index is 0.00000176. The summed E-state index contributed by atoms with van der Waals surface area (Å²) in [5.41, 5.74) is 1.04. The summed E-state index contributed by atoms with van der Waals surface area (Å²) in [6, 6.07) is 14.9. The van der Waals surface area contributed by atoms with E-state index in [0.29, 0.717) is 16.5 Å². The van der Waals surface area contributed by atoms with Gasteiger partial charge in [-0.3, -0.25) is 4.55 Å². The fraction of sp³-hybridized carbons (Fsp3) is 0.0588. The molecule has 0 fully saturated rings. The van der Waals surface area contributed by atoms with Crippen LogP contribution in [-0.2, 0) is 10.1 Å². The third-order valence-electron chi connectivity index (χ3n) is 3.59. The van der Waals surface area contributed by atoms with E-state index in [1.165, 1.54) is 0 Å². The monoisotopic (exact) mass is 324 g/mol. The third kappa shape index (κ3) is 2.77. The van der Waals surface area contributed by atoms with Crippen molar-refractivity contribution in [1.82, 2.24) is 0 Å². The molecule has 3 aromatic carbocycles. The van der Waals surface area contributed by atoms with Gasteiger partial charge in [-0.15, -0.1) is 0 Å². The van der Waals surface area contributed by atoms with Crippen LogP contribution in [0.15, 0.2) is 60.0 Å². The predicted molar refractivity (Wildman–Crippen MR) is 94.0 cm³/mol. The van der Waals surface area contributed by atoms with Crippen molar-refractivity contribution in [3.8, 4) is 0 Å². The summed E-state index contributed by atoms with van der Waals surface area (Å²) in [7, 11) is -4.33. The maximum absolute atomic E-state index is 11.8. The van der Waals surface area contributed by atoms with E-state index < -0.39 is 10.1 Å². The Hall–Kier alpha value is -1.40. The molecule has 0 bridgehead atoms. The summed E-state index contributed by atoms with van der Waals surface area (Å²) in [5, 5.41) is 3.28. The summed E-state index contributed by atoms with van der Waals surface area (Å²) >= 11 is 0. The van der Waals surface area contributed by atoms with E-state index >= 15 is 0 Å². The molecule has 0 radical (unpaired) electrons. The van der Waals surface area contributed by atoms with Crippen molar-refractivity contribution in [2.75, 3.05) is 0 Å². The van der Waals surface area contributed by atoms with Gasteiger partial charge in [-0.1, -0.05) is 55.1 Å². The van der Waals surface area contributed by atoms with E-state index in [9.17, 15) is 13.0 Å². The smallest absolute Gasteiger partial charge is 1.00 e. The summed E-state index contributed by atoms with van der Waals surface area (Å²) in [6.45, 7) is 5.51. The van der Waals surface area contributed by atoms with Gasteiger partial charge in [-0.2, -0.15) is 8.42 Å². The largest absolute Gasteiger partial charge is 2.00 e. The Bertz CT molecular complexity index is 1000. The average molecular weight is 325 g/mol. The van der Waals surface area contributed by atoms with E-state index in [1.54, 1.807) is 19.1 Å². The Morgan fingerprint density at radius 1 is 1.00 bits per heavy atom. The molecule has 3 aromatic rings. The summed E-state index contributed by atoms with van der Waals surface area (Å²) in [5.74, 6) is 0. The maximum atomic E-state index is 11.8. The molecular formula is C17H16MgO3S. The second-order valence-corrected chi connectivity index (χ2v) is 6.44. The van der Waals surface area contributed by atoms with Gasteiger partial charge in [-0.05, 0) is 34.2 Å². The SMILES string of the molecule is C=C(C)c1ccc2c(ccc3ccccc32)c1S(=O)(=O)O.[H-].[H-].[Mg+2]. The molecule has 110 valence electrons. The van der Waals surface area contributed by atoms with Gasteiger partial charge < -0.3 is 2.85 Å². The number of allylic oxidation sites excluding steroid dienone is 1. The molecule has 5 heteroatoms. The number of benzene rings is 3. The van der Waals surface area contributed by atoms with Crippen molar-refractivity contribution in [3.05, 3.63) is 60.7 Å². The summed E-state index contributed by atoms with van der Waals surface area (Å²) in [6.07, 6.45) is 0. The molecule has 0 aromatic heterocycles. The molecule has 1 N–H and O–H groups in total.